The lowest BCUT2D eigenvalue weighted by atomic mass is 10.00. The number of primary amides is 1. The summed E-state index contributed by atoms with van der Waals surface area (Å²) in [6.45, 7) is 2.05. The van der Waals surface area contributed by atoms with Gasteiger partial charge in [0.05, 0.1) is 22.6 Å². The SMILES string of the molecule is CCc1ccc(Cl)cc1-c1[nH]c(-c2ncnc3[nH]ccc23)cc1C(N)=O. The molecule has 3 aromatic heterocycles. The largest absolute Gasteiger partial charge is 0.366 e. The lowest BCUT2D eigenvalue weighted by Crippen LogP contribution is -2.11. The number of halogens is 1. The van der Waals surface area contributed by atoms with Crippen LogP contribution in [0.15, 0.2) is 42.9 Å². The molecule has 6 nitrogen and oxygen atoms in total. The summed E-state index contributed by atoms with van der Waals surface area (Å²) in [5.74, 6) is -0.510. The first kappa shape index (κ1) is 16.4. The van der Waals surface area contributed by atoms with E-state index in [0.717, 1.165) is 28.6 Å². The number of hydrogen-bond acceptors (Lipinski definition) is 3. The van der Waals surface area contributed by atoms with E-state index in [0.29, 0.717) is 27.7 Å². The molecule has 3 heterocycles. The summed E-state index contributed by atoms with van der Waals surface area (Å²) in [5, 5.41) is 1.46. The number of amides is 1. The minimum absolute atomic E-state index is 0.402. The van der Waals surface area contributed by atoms with E-state index in [-0.39, 0.29) is 0 Å². The molecular formula is C19H16ClN5O. The number of benzene rings is 1. The third-order valence-corrected chi connectivity index (χ3v) is 4.65. The van der Waals surface area contributed by atoms with Gasteiger partial charge in [-0.25, -0.2) is 9.97 Å². The summed E-state index contributed by atoms with van der Waals surface area (Å²) < 4.78 is 0. The summed E-state index contributed by atoms with van der Waals surface area (Å²) in [7, 11) is 0. The molecule has 1 amide bonds. The first-order chi connectivity index (χ1) is 12.6. The normalized spacial score (nSPS) is 11.2. The number of H-pyrrole nitrogens is 2. The number of carbonyl (C=O) groups is 1. The van der Waals surface area contributed by atoms with Crippen LogP contribution in [-0.4, -0.2) is 25.8 Å². The van der Waals surface area contributed by atoms with Gasteiger partial charge in [0, 0.05) is 22.2 Å². The molecule has 0 saturated heterocycles. The molecule has 0 radical (unpaired) electrons. The monoisotopic (exact) mass is 365 g/mol. The van der Waals surface area contributed by atoms with Crippen molar-refractivity contribution in [3.8, 4) is 22.6 Å². The van der Waals surface area contributed by atoms with Crippen LogP contribution in [0.5, 0.6) is 0 Å². The van der Waals surface area contributed by atoms with Crippen LogP contribution in [0.25, 0.3) is 33.7 Å². The van der Waals surface area contributed by atoms with Crippen molar-refractivity contribution in [1.29, 1.82) is 0 Å². The summed E-state index contributed by atoms with van der Waals surface area (Å²) in [6, 6.07) is 9.26. The van der Waals surface area contributed by atoms with Crippen LogP contribution in [-0.2, 0) is 6.42 Å². The first-order valence-electron chi connectivity index (χ1n) is 8.18. The van der Waals surface area contributed by atoms with Gasteiger partial charge < -0.3 is 15.7 Å². The molecule has 130 valence electrons. The van der Waals surface area contributed by atoms with Crippen molar-refractivity contribution < 1.29 is 4.79 Å². The molecular weight excluding hydrogens is 350 g/mol. The molecule has 0 fully saturated rings. The van der Waals surface area contributed by atoms with Crippen LogP contribution >= 0.6 is 11.6 Å². The highest BCUT2D eigenvalue weighted by Gasteiger charge is 2.19. The molecule has 0 aliphatic rings. The standard InChI is InChI=1S/C19H16ClN5O/c1-2-10-3-4-11(20)7-13(10)16-14(18(21)26)8-15(25-16)17-12-5-6-22-19(12)24-9-23-17/h3-9,25H,2H2,1H3,(H2,21,26)(H,22,23,24). The Hall–Kier alpha value is -3.12. The Morgan fingerprint density at radius 3 is 2.85 bits per heavy atom. The van der Waals surface area contributed by atoms with Crippen molar-refractivity contribution in [2.45, 2.75) is 13.3 Å². The topological polar surface area (TPSA) is 100 Å². The van der Waals surface area contributed by atoms with Crippen molar-refractivity contribution in [1.82, 2.24) is 19.9 Å². The number of fused-ring (bicyclic) bond motifs is 1. The number of nitrogens with two attached hydrogens (primary N) is 1. The zero-order chi connectivity index (χ0) is 18.3. The number of nitrogens with zero attached hydrogens (tertiary/aromatic N) is 2. The third-order valence-electron chi connectivity index (χ3n) is 4.41. The molecule has 7 heteroatoms. The van der Waals surface area contributed by atoms with E-state index in [2.05, 4.69) is 19.9 Å². The van der Waals surface area contributed by atoms with Gasteiger partial charge in [-0.1, -0.05) is 24.6 Å². The van der Waals surface area contributed by atoms with Gasteiger partial charge in [0.2, 0.25) is 0 Å². The highest BCUT2D eigenvalue weighted by Crippen LogP contribution is 2.34. The van der Waals surface area contributed by atoms with Crippen LogP contribution < -0.4 is 5.73 Å². The van der Waals surface area contributed by atoms with Crippen molar-refractivity contribution >= 4 is 28.5 Å². The van der Waals surface area contributed by atoms with E-state index >= 15 is 0 Å². The first-order valence-corrected chi connectivity index (χ1v) is 8.56. The van der Waals surface area contributed by atoms with Gasteiger partial charge in [0.1, 0.15) is 12.0 Å². The average Bonchev–Trinajstić information content (AvgIpc) is 3.28. The molecule has 0 unspecified atom stereocenters. The Morgan fingerprint density at radius 2 is 2.08 bits per heavy atom. The fourth-order valence-corrected chi connectivity index (χ4v) is 3.34. The number of aryl methyl sites for hydroxylation is 1. The summed E-state index contributed by atoms with van der Waals surface area (Å²) in [4.78, 5) is 27.0. The maximum Gasteiger partial charge on any atom is 0.250 e. The number of rotatable bonds is 4. The highest BCUT2D eigenvalue weighted by atomic mass is 35.5. The molecule has 0 aliphatic carbocycles. The van der Waals surface area contributed by atoms with Crippen LogP contribution in [0.1, 0.15) is 22.8 Å². The van der Waals surface area contributed by atoms with Crippen molar-refractivity contribution in [3.63, 3.8) is 0 Å². The fraction of sp³-hybridized carbons (Fsp3) is 0.105. The predicted molar refractivity (Wildman–Crippen MR) is 102 cm³/mol. The Labute approximate surface area is 154 Å². The second kappa shape index (κ2) is 6.31. The number of aromatic nitrogens is 4. The Kier molecular flexibility index (Phi) is 3.97. The van der Waals surface area contributed by atoms with E-state index in [1.165, 1.54) is 6.33 Å². The van der Waals surface area contributed by atoms with Gasteiger partial charge in [-0.15, -0.1) is 0 Å². The van der Waals surface area contributed by atoms with E-state index in [1.54, 1.807) is 12.3 Å². The van der Waals surface area contributed by atoms with Crippen molar-refractivity contribution in [3.05, 3.63) is 59.0 Å². The molecule has 4 N–H and O–H groups in total. The molecule has 26 heavy (non-hydrogen) atoms. The summed E-state index contributed by atoms with van der Waals surface area (Å²) >= 11 is 6.19. The molecule has 4 rings (SSSR count). The van der Waals surface area contributed by atoms with Crippen LogP contribution in [0.2, 0.25) is 5.02 Å². The maximum atomic E-state index is 12.1. The second-order valence-electron chi connectivity index (χ2n) is 5.95. The van der Waals surface area contributed by atoms with Crippen LogP contribution in [0.3, 0.4) is 0 Å². The minimum Gasteiger partial charge on any atom is -0.366 e. The Morgan fingerprint density at radius 1 is 1.23 bits per heavy atom. The lowest BCUT2D eigenvalue weighted by Gasteiger charge is -2.09. The highest BCUT2D eigenvalue weighted by molar-refractivity contribution is 6.31. The van der Waals surface area contributed by atoms with Gasteiger partial charge >= 0.3 is 0 Å². The van der Waals surface area contributed by atoms with Gasteiger partial charge in [-0.05, 0) is 36.2 Å². The smallest absolute Gasteiger partial charge is 0.250 e. The number of carbonyl (C=O) groups excluding carboxylic acids is 1. The van der Waals surface area contributed by atoms with Crippen LogP contribution in [0, 0.1) is 0 Å². The van der Waals surface area contributed by atoms with E-state index in [9.17, 15) is 4.79 Å². The summed E-state index contributed by atoms with van der Waals surface area (Å²) in [6.07, 6.45) is 4.08. The molecule has 4 aromatic rings. The minimum atomic E-state index is -0.510. The maximum absolute atomic E-state index is 12.1. The zero-order valence-electron chi connectivity index (χ0n) is 14.0. The summed E-state index contributed by atoms with van der Waals surface area (Å²) in [5.41, 5.74) is 10.7. The van der Waals surface area contributed by atoms with Crippen molar-refractivity contribution in [2.24, 2.45) is 5.73 Å². The third kappa shape index (κ3) is 2.64. The fourth-order valence-electron chi connectivity index (χ4n) is 3.17. The van der Waals surface area contributed by atoms with E-state index < -0.39 is 5.91 Å². The predicted octanol–water partition coefficient (Wildman–Crippen LogP) is 3.93. The molecule has 1 aromatic carbocycles. The molecule has 0 atom stereocenters. The quantitative estimate of drug-likeness (QED) is 0.510. The molecule has 0 spiro atoms. The van der Waals surface area contributed by atoms with Gasteiger partial charge in [0.25, 0.3) is 5.91 Å². The lowest BCUT2D eigenvalue weighted by molar-refractivity contribution is 0.100. The van der Waals surface area contributed by atoms with Gasteiger partial charge in [-0.3, -0.25) is 4.79 Å². The second-order valence-corrected chi connectivity index (χ2v) is 6.39. The van der Waals surface area contributed by atoms with Crippen LogP contribution in [0.4, 0.5) is 0 Å². The molecule has 0 saturated carbocycles. The number of nitrogens with one attached hydrogen (secondary N) is 2. The zero-order valence-corrected chi connectivity index (χ0v) is 14.8. The number of hydrogen-bond donors (Lipinski definition) is 3. The number of aromatic amines is 2. The van der Waals surface area contributed by atoms with E-state index in [4.69, 9.17) is 17.3 Å². The molecule has 0 bridgehead atoms. The average molecular weight is 366 g/mol. The molecule has 0 aliphatic heterocycles. The van der Waals surface area contributed by atoms with E-state index in [1.807, 2.05) is 31.2 Å². The van der Waals surface area contributed by atoms with Crippen molar-refractivity contribution in [2.75, 3.05) is 0 Å². The van der Waals surface area contributed by atoms with Gasteiger partial charge in [-0.2, -0.15) is 0 Å². The van der Waals surface area contributed by atoms with Gasteiger partial charge in [0.15, 0.2) is 0 Å². The Balaban J connectivity index is 1.97. The Bertz CT molecular complexity index is 1130.